The number of Topliss-reactive ketones (excluding diaryl/α,β-unsaturated/α-hetero) is 1. The van der Waals surface area contributed by atoms with Crippen LogP contribution in [0.2, 0.25) is 0 Å². The third-order valence-electron chi connectivity index (χ3n) is 2.12. The van der Waals surface area contributed by atoms with E-state index in [0.717, 1.165) is 5.75 Å². The van der Waals surface area contributed by atoms with E-state index in [2.05, 4.69) is 5.92 Å². The van der Waals surface area contributed by atoms with Crippen LogP contribution in [-0.2, 0) is 0 Å². The summed E-state index contributed by atoms with van der Waals surface area (Å²) in [4.78, 5) is 11.7. The average Bonchev–Trinajstić information content (AvgIpc) is 2.30. The van der Waals surface area contributed by atoms with Crippen LogP contribution in [0.15, 0.2) is 24.3 Å². The summed E-state index contributed by atoms with van der Waals surface area (Å²) in [6, 6.07) is 6.27. The van der Waals surface area contributed by atoms with Crippen LogP contribution in [0, 0.1) is 12.3 Å². The summed E-state index contributed by atoms with van der Waals surface area (Å²) in [6.07, 6.45) is 5.36. The van der Waals surface area contributed by atoms with Gasteiger partial charge in [0, 0.05) is 12.0 Å². The Morgan fingerprint density at radius 1 is 1.50 bits per heavy atom. The average molecular weight is 217 g/mol. The topological polar surface area (TPSA) is 52.3 Å². The van der Waals surface area contributed by atoms with Gasteiger partial charge < -0.3 is 10.5 Å². The minimum absolute atomic E-state index is 0.138. The SMILES string of the molecule is C#CCC(N)C(=O)c1ccc(OCC)cc1. The fourth-order valence-corrected chi connectivity index (χ4v) is 1.32. The molecule has 1 aromatic carbocycles. The third-order valence-corrected chi connectivity index (χ3v) is 2.12. The Kier molecular flexibility index (Phi) is 4.56. The molecule has 1 unspecified atom stereocenters. The molecule has 0 spiro atoms. The van der Waals surface area contributed by atoms with E-state index in [1.165, 1.54) is 0 Å². The quantitative estimate of drug-likeness (QED) is 0.602. The van der Waals surface area contributed by atoms with E-state index < -0.39 is 6.04 Å². The van der Waals surface area contributed by atoms with Crippen LogP contribution in [0.1, 0.15) is 23.7 Å². The molecule has 1 aromatic rings. The molecule has 0 saturated carbocycles. The first-order chi connectivity index (χ1) is 7.69. The Bertz CT molecular complexity index is 389. The summed E-state index contributed by atoms with van der Waals surface area (Å²) in [5.41, 5.74) is 6.19. The van der Waals surface area contributed by atoms with Crippen LogP contribution >= 0.6 is 0 Å². The molecule has 3 nitrogen and oxygen atoms in total. The van der Waals surface area contributed by atoms with E-state index in [9.17, 15) is 4.79 Å². The van der Waals surface area contributed by atoms with Crippen molar-refractivity contribution in [2.75, 3.05) is 6.61 Å². The maximum atomic E-state index is 11.7. The zero-order chi connectivity index (χ0) is 12.0. The van der Waals surface area contributed by atoms with Crippen molar-refractivity contribution in [2.24, 2.45) is 5.73 Å². The maximum Gasteiger partial charge on any atom is 0.180 e. The Morgan fingerprint density at radius 3 is 2.62 bits per heavy atom. The zero-order valence-electron chi connectivity index (χ0n) is 9.27. The number of carbonyl (C=O) groups excluding carboxylic acids is 1. The summed E-state index contributed by atoms with van der Waals surface area (Å²) in [5, 5.41) is 0. The highest BCUT2D eigenvalue weighted by Crippen LogP contribution is 2.13. The molecular formula is C13H15NO2. The molecule has 3 heteroatoms. The van der Waals surface area contributed by atoms with Crippen molar-refractivity contribution in [3.8, 4) is 18.1 Å². The lowest BCUT2D eigenvalue weighted by molar-refractivity contribution is 0.0963. The van der Waals surface area contributed by atoms with Gasteiger partial charge in [-0.1, -0.05) is 0 Å². The van der Waals surface area contributed by atoms with Gasteiger partial charge in [-0.3, -0.25) is 4.79 Å². The Balaban J connectivity index is 2.74. The van der Waals surface area contributed by atoms with Crippen LogP contribution < -0.4 is 10.5 Å². The van der Waals surface area contributed by atoms with Gasteiger partial charge in [-0.25, -0.2) is 0 Å². The van der Waals surface area contributed by atoms with Gasteiger partial charge in [0.15, 0.2) is 5.78 Å². The zero-order valence-corrected chi connectivity index (χ0v) is 9.27. The molecule has 1 atom stereocenters. The molecule has 0 saturated heterocycles. The first-order valence-corrected chi connectivity index (χ1v) is 5.15. The van der Waals surface area contributed by atoms with Crippen LogP contribution in [0.4, 0.5) is 0 Å². The van der Waals surface area contributed by atoms with Crippen molar-refractivity contribution in [2.45, 2.75) is 19.4 Å². The second-order valence-corrected chi connectivity index (χ2v) is 3.34. The molecule has 0 radical (unpaired) electrons. The number of terminal acetylenes is 1. The van der Waals surface area contributed by atoms with Crippen molar-refractivity contribution in [1.82, 2.24) is 0 Å². The predicted octanol–water partition coefficient (Wildman–Crippen LogP) is 1.62. The van der Waals surface area contributed by atoms with Gasteiger partial charge in [0.2, 0.25) is 0 Å². The van der Waals surface area contributed by atoms with Gasteiger partial charge in [0.05, 0.1) is 12.6 Å². The van der Waals surface area contributed by atoms with Crippen LogP contribution in [0.3, 0.4) is 0 Å². The van der Waals surface area contributed by atoms with Gasteiger partial charge in [0.1, 0.15) is 5.75 Å². The van der Waals surface area contributed by atoms with E-state index in [4.69, 9.17) is 16.9 Å². The second kappa shape index (κ2) is 5.94. The van der Waals surface area contributed by atoms with E-state index in [1.807, 2.05) is 6.92 Å². The van der Waals surface area contributed by atoms with Gasteiger partial charge in [-0.2, -0.15) is 0 Å². The minimum Gasteiger partial charge on any atom is -0.494 e. The molecule has 2 N–H and O–H groups in total. The fraction of sp³-hybridized carbons (Fsp3) is 0.308. The van der Waals surface area contributed by atoms with Crippen molar-refractivity contribution in [1.29, 1.82) is 0 Å². The summed E-state index contributed by atoms with van der Waals surface area (Å²) in [7, 11) is 0. The number of benzene rings is 1. The smallest absolute Gasteiger partial charge is 0.180 e. The normalized spacial score (nSPS) is 11.6. The van der Waals surface area contributed by atoms with Crippen molar-refractivity contribution in [3.63, 3.8) is 0 Å². The van der Waals surface area contributed by atoms with Gasteiger partial charge in [0.25, 0.3) is 0 Å². The minimum atomic E-state index is -0.622. The molecule has 1 rings (SSSR count). The molecule has 0 aromatic heterocycles. The first kappa shape index (κ1) is 12.3. The standard InChI is InChI=1S/C13H15NO2/c1-3-5-12(14)13(15)10-6-8-11(9-7-10)16-4-2/h1,6-9,12H,4-5,14H2,2H3. The van der Waals surface area contributed by atoms with Crippen LogP contribution in [0.25, 0.3) is 0 Å². The molecule has 0 fully saturated rings. The summed E-state index contributed by atoms with van der Waals surface area (Å²) in [6.45, 7) is 2.51. The Hall–Kier alpha value is -1.79. The first-order valence-electron chi connectivity index (χ1n) is 5.15. The summed E-state index contributed by atoms with van der Waals surface area (Å²) >= 11 is 0. The number of ketones is 1. The molecule has 0 aliphatic heterocycles. The molecule has 16 heavy (non-hydrogen) atoms. The molecule has 0 heterocycles. The highest BCUT2D eigenvalue weighted by molar-refractivity contribution is 6.00. The fourth-order valence-electron chi connectivity index (χ4n) is 1.32. The second-order valence-electron chi connectivity index (χ2n) is 3.34. The van der Waals surface area contributed by atoms with Crippen molar-refractivity contribution in [3.05, 3.63) is 29.8 Å². The van der Waals surface area contributed by atoms with E-state index in [-0.39, 0.29) is 12.2 Å². The van der Waals surface area contributed by atoms with Crippen molar-refractivity contribution >= 4 is 5.78 Å². The number of ether oxygens (including phenoxy) is 1. The lowest BCUT2D eigenvalue weighted by Gasteiger charge is -2.08. The third kappa shape index (κ3) is 3.11. The van der Waals surface area contributed by atoms with E-state index in [0.29, 0.717) is 12.2 Å². The van der Waals surface area contributed by atoms with E-state index in [1.54, 1.807) is 24.3 Å². The molecule has 0 amide bonds. The number of hydrogen-bond acceptors (Lipinski definition) is 3. The number of nitrogens with two attached hydrogens (primary N) is 1. The van der Waals surface area contributed by atoms with Crippen LogP contribution in [-0.4, -0.2) is 18.4 Å². The predicted molar refractivity (Wildman–Crippen MR) is 63.4 cm³/mol. The summed E-state index contributed by atoms with van der Waals surface area (Å²) in [5.74, 6) is 2.98. The largest absolute Gasteiger partial charge is 0.494 e. The Labute approximate surface area is 95.6 Å². The molecule has 0 aliphatic rings. The lowest BCUT2D eigenvalue weighted by Crippen LogP contribution is -2.29. The van der Waals surface area contributed by atoms with Gasteiger partial charge >= 0.3 is 0 Å². The molecule has 0 aliphatic carbocycles. The number of rotatable bonds is 5. The number of carbonyl (C=O) groups is 1. The van der Waals surface area contributed by atoms with E-state index >= 15 is 0 Å². The monoisotopic (exact) mass is 217 g/mol. The maximum absolute atomic E-state index is 11.7. The molecule has 84 valence electrons. The van der Waals surface area contributed by atoms with Crippen LogP contribution in [0.5, 0.6) is 5.75 Å². The lowest BCUT2D eigenvalue weighted by atomic mass is 10.0. The molecular weight excluding hydrogens is 202 g/mol. The van der Waals surface area contributed by atoms with Gasteiger partial charge in [-0.05, 0) is 31.2 Å². The Morgan fingerprint density at radius 2 is 2.12 bits per heavy atom. The van der Waals surface area contributed by atoms with Gasteiger partial charge in [-0.15, -0.1) is 12.3 Å². The summed E-state index contributed by atoms with van der Waals surface area (Å²) < 4.78 is 5.27. The highest BCUT2D eigenvalue weighted by atomic mass is 16.5. The molecule has 0 bridgehead atoms. The highest BCUT2D eigenvalue weighted by Gasteiger charge is 2.14. The number of hydrogen-bond donors (Lipinski definition) is 1. The van der Waals surface area contributed by atoms with Crippen molar-refractivity contribution < 1.29 is 9.53 Å².